The van der Waals surface area contributed by atoms with E-state index in [9.17, 15) is 9.59 Å². The monoisotopic (exact) mass is 291 g/mol. The van der Waals surface area contributed by atoms with Gasteiger partial charge < -0.3 is 15.2 Å². The lowest BCUT2D eigenvalue weighted by Gasteiger charge is -2.11. The van der Waals surface area contributed by atoms with Crippen molar-refractivity contribution in [2.75, 3.05) is 13.2 Å². The zero-order valence-corrected chi connectivity index (χ0v) is 12.0. The molecule has 0 radical (unpaired) electrons. The van der Waals surface area contributed by atoms with Crippen LogP contribution in [0, 0.1) is 0 Å². The van der Waals surface area contributed by atoms with Crippen molar-refractivity contribution in [3.8, 4) is 0 Å². The highest BCUT2D eigenvalue weighted by molar-refractivity contribution is 5.95. The fraction of sp³-hybridized carbons (Fsp3) is 0.500. The number of aromatic carboxylic acids is 1. The summed E-state index contributed by atoms with van der Waals surface area (Å²) in [6.45, 7) is 1.23. The molecule has 0 bridgehead atoms. The number of carboxylic acids is 1. The molecule has 0 saturated heterocycles. The van der Waals surface area contributed by atoms with Crippen LogP contribution >= 0.6 is 0 Å². The Morgan fingerprint density at radius 1 is 1.14 bits per heavy atom. The smallest absolute Gasteiger partial charge is 0.335 e. The molecule has 2 rings (SSSR count). The molecule has 0 unspecified atom stereocenters. The Kier molecular flexibility index (Phi) is 5.75. The molecule has 0 aliphatic heterocycles. The number of hydrogen-bond donors (Lipinski definition) is 2. The molecule has 2 N–H and O–H groups in total. The van der Waals surface area contributed by atoms with Crippen LogP contribution in [0.15, 0.2) is 24.3 Å². The third-order valence-electron chi connectivity index (χ3n) is 3.66. The number of benzene rings is 1. The van der Waals surface area contributed by atoms with Gasteiger partial charge in [0.05, 0.1) is 11.7 Å². The van der Waals surface area contributed by atoms with E-state index in [0.29, 0.717) is 24.8 Å². The van der Waals surface area contributed by atoms with Crippen molar-refractivity contribution >= 4 is 11.9 Å². The van der Waals surface area contributed by atoms with Gasteiger partial charge in [-0.2, -0.15) is 0 Å². The molecule has 1 aliphatic rings. The summed E-state index contributed by atoms with van der Waals surface area (Å²) in [5, 5.41) is 11.6. The average molecular weight is 291 g/mol. The normalized spacial score (nSPS) is 15.0. The summed E-state index contributed by atoms with van der Waals surface area (Å²) in [4.78, 5) is 22.6. The van der Waals surface area contributed by atoms with Gasteiger partial charge in [0, 0.05) is 18.7 Å². The van der Waals surface area contributed by atoms with Crippen molar-refractivity contribution in [3.05, 3.63) is 35.4 Å². The van der Waals surface area contributed by atoms with Gasteiger partial charge in [-0.05, 0) is 43.5 Å². The first-order valence-electron chi connectivity index (χ1n) is 7.40. The zero-order chi connectivity index (χ0) is 15.1. The Balaban J connectivity index is 1.65. The second-order valence-corrected chi connectivity index (χ2v) is 5.27. The lowest BCUT2D eigenvalue weighted by molar-refractivity contribution is 0.0565. The number of nitrogens with one attached hydrogen (secondary N) is 1. The van der Waals surface area contributed by atoms with Crippen LogP contribution in [0.1, 0.15) is 52.8 Å². The predicted octanol–water partition coefficient (Wildman–Crippen LogP) is 2.46. The summed E-state index contributed by atoms with van der Waals surface area (Å²) >= 11 is 0. The summed E-state index contributed by atoms with van der Waals surface area (Å²) in [5.74, 6) is -1.18. The van der Waals surface area contributed by atoms with Crippen LogP contribution in [0.2, 0.25) is 0 Å². The van der Waals surface area contributed by atoms with Crippen molar-refractivity contribution in [1.82, 2.24) is 5.32 Å². The van der Waals surface area contributed by atoms with Crippen molar-refractivity contribution < 1.29 is 19.4 Å². The molecule has 1 aromatic rings. The van der Waals surface area contributed by atoms with Crippen molar-refractivity contribution in [3.63, 3.8) is 0 Å². The highest BCUT2D eigenvalue weighted by Crippen LogP contribution is 2.20. The van der Waals surface area contributed by atoms with Gasteiger partial charge in [-0.15, -0.1) is 0 Å². The van der Waals surface area contributed by atoms with Gasteiger partial charge in [0.1, 0.15) is 0 Å². The summed E-state index contributed by atoms with van der Waals surface area (Å²) in [7, 11) is 0. The molecule has 1 aliphatic carbocycles. The Bertz CT molecular complexity index is 478. The minimum Gasteiger partial charge on any atom is -0.478 e. The number of carbonyl (C=O) groups excluding carboxylic acids is 1. The molecular weight excluding hydrogens is 270 g/mol. The largest absolute Gasteiger partial charge is 0.478 e. The lowest BCUT2D eigenvalue weighted by atomic mass is 10.1. The average Bonchev–Trinajstić information content (AvgIpc) is 3.00. The van der Waals surface area contributed by atoms with Crippen LogP contribution in [0.4, 0.5) is 0 Å². The molecule has 1 saturated carbocycles. The summed E-state index contributed by atoms with van der Waals surface area (Å²) in [5.41, 5.74) is 0.647. The number of ether oxygens (including phenoxy) is 1. The topological polar surface area (TPSA) is 75.6 Å². The van der Waals surface area contributed by atoms with Crippen molar-refractivity contribution in [2.45, 2.75) is 38.2 Å². The number of amides is 1. The molecule has 1 amide bonds. The molecule has 0 heterocycles. The molecule has 114 valence electrons. The van der Waals surface area contributed by atoms with E-state index in [0.717, 1.165) is 19.3 Å². The Morgan fingerprint density at radius 2 is 1.76 bits per heavy atom. The van der Waals surface area contributed by atoms with Crippen LogP contribution in [-0.4, -0.2) is 36.2 Å². The van der Waals surface area contributed by atoms with Crippen LogP contribution in [0.25, 0.3) is 0 Å². The summed E-state index contributed by atoms with van der Waals surface area (Å²) < 4.78 is 5.72. The standard InChI is InChI=1S/C16H21NO4/c18-15(12-6-8-13(9-7-12)16(19)20)17-10-3-11-21-14-4-1-2-5-14/h6-9,14H,1-5,10-11H2,(H,17,18)(H,19,20). The molecule has 0 atom stereocenters. The molecule has 0 aromatic heterocycles. The first-order chi connectivity index (χ1) is 10.2. The van der Waals surface area contributed by atoms with Gasteiger partial charge in [-0.3, -0.25) is 4.79 Å². The Hall–Kier alpha value is -1.88. The summed E-state index contributed by atoms with van der Waals surface area (Å²) in [6, 6.07) is 5.91. The minimum atomic E-state index is -0.994. The van der Waals surface area contributed by atoms with Crippen LogP contribution < -0.4 is 5.32 Å². The molecule has 5 heteroatoms. The second-order valence-electron chi connectivity index (χ2n) is 5.27. The molecular formula is C16H21NO4. The van der Waals surface area contributed by atoms with Gasteiger partial charge >= 0.3 is 5.97 Å². The first kappa shape index (κ1) is 15.5. The minimum absolute atomic E-state index is 0.177. The number of hydrogen-bond acceptors (Lipinski definition) is 3. The van der Waals surface area contributed by atoms with Gasteiger partial charge in [0.2, 0.25) is 0 Å². The highest BCUT2D eigenvalue weighted by Gasteiger charge is 2.14. The van der Waals surface area contributed by atoms with Gasteiger partial charge in [-0.1, -0.05) is 12.8 Å². The molecule has 1 fully saturated rings. The van der Waals surface area contributed by atoms with E-state index >= 15 is 0 Å². The van der Waals surface area contributed by atoms with E-state index in [1.807, 2.05) is 0 Å². The molecule has 0 spiro atoms. The van der Waals surface area contributed by atoms with Crippen LogP contribution in [0.5, 0.6) is 0 Å². The molecule has 1 aromatic carbocycles. The third-order valence-corrected chi connectivity index (χ3v) is 3.66. The van der Waals surface area contributed by atoms with E-state index in [1.165, 1.54) is 37.1 Å². The quantitative estimate of drug-likeness (QED) is 0.757. The van der Waals surface area contributed by atoms with Crippen molar-refractivity contribution in [2.24, 2.45) is 0 Å². The Labute approximate surface area is 124 Å². The van der Waals surface area contributed by atoms with Gasteiger partial charge in [0.25, 0.3) is 5.91 Å². The fourth-order valence-corrected chi connectivity index (χ4v) is 2.45. The molecule has 5 nitrogen and oxygen atoms in total. The van der Waals surface area contributed by atoms with Gasteiger partial charge in [-0.25, -0.2) is 4.79 Å². The maximum atomic E-state index is 11.8. The van der Waals surface area contributed by atoms with Crippen LogP contribution in [-0.2, 0) is 4.74 Å². The SMILES string of the molecule is O=C(O)c1ccc(C(=O)NCCCOC2CCCC2)cc1. The maximum Gasteiger partial charge on any atom is 0.335 e. The first-order valence-corrected chi connectivity index (χ1v) is 7.40. The van der Waals surface area contributed by atoms with E-state index in [1.54, 1.807) is 0 Å². The predicted molar refractivity (Wildman–Crippen MR) is 78.6 cm³/mol. The molecule has 21 heavy (non-hydrogen) atoms. The van der Waals surface area contributed by atoms with Gasteiger partial charge in [0.15, 0.2) is 0 Å². The third kappa shape index (κ3) is 4.86. The maximum absolute atomic E-state index is 11.8. The second kappa shape index (κ2) is 7.78. The number of carbonyl (C=O) groups is 2. The van der Waals surface area contributed by atoms with Crippen LogP contribution in [0.3, 0.4) is 0 Å². The van der Waals surface area contributed by atoms with Crippen molar-refractivity contribution in [1.29, 1.82) is 0 Å². The number of rotatable bonds is 7. The zero-order valence-electron chi connectivity index (χ0n) is 12.0. The van der Waals surface area contributed by atoms with E-state index in [4.69, 9.17) is 9.84 Å². The number of carboxylic acid groups (broad SMARTS) is 1. The van der Waals surface area contributed by atoms with E-state index in [-0.39, 0.29) is 11.5 Å². The van der Waals surface area contributed by atoms with E-state index in [2.05, 4.69) is 5.32 Å². The summed E-state index contributed by atoms with van der Waals surface area (Å²) in [6.07, 6.45) is 6.02. The highest BCUT2D eigenvalue weighted by atomic mass is 16.5. The fourth-order valence-electron chi connectivity index (χ4n) is 2.45. The lowest BCUT2D eigenvalue weighted by Crippen LogP contribution is -2.25. The Morgan fingerprint density at radius 3 is 2.38 bits per heavy atom. The van der Waals surface area contributed by atoms with E-state index < -0.39 is 5.97 Å².